The molecule has 3 nitrogen and oxygen atoms in total. The van der Waals surface area contributed by atoms with Gasteiger partial charge in [-0.3, -0.25) is 4.79 Å². The Kier molecular flexibility index (Phi) is 3.07. The molecule has 0 saturated carbocycles. The van der Waals surface area contributed by atoms with Crippen molar-refractivity contribution in [3.8, 4) is 0 Å². The van der Waals surface area contributed by atoms with Crippen LogP contribution < -0.4 is 5.32 Å². The van der Waals surface area contributed by atoms with Gasteiger partial charge in [0, 0.05) is 23.5 Å². The zero-order valence-corrected chi connectivity index (χ0v) is 9.70. The van der Waals surface area contributed by atoms with Crippen LogP contribution in [0.25, 0.3) is 0 Å². The average molecular weight is 270 g/mol. The van der Waals surface area contributed by atoms with E-state index >= 15 is 0 Å². The van der Waals surface area contributed by atoms with Gasteiger partial charge in [-0.15, -0.1) is 0 Å². The lowest BCUT2D eigenvalue weighted by Crippen LogP contribution is -2.21. The Morgan fingerprint density at radius 2 is 2.13 bits per heavy atom. The number of carbonyl (C=O) groups is 1. The van der Waals surface area contributed by atoms with Crippen LogP contribution in [0.2, 0.25) is 0 Å². The van der Waals surface area contributed by atoms with Crippen LogP contribution in [0.15, 0.2) is 28.7 Å². The largest absolute Gasteiger partial charge is 0.481 e. The first-order valence-corrected chi connectivity index (χ1v) is 5.67. The third kappa shape index (κ3) is 2.06. The van der Waals surface area contributed by atoms with Crippen molar-refractivity contribution in [2.75, 3.05) is 13.1 Å². The zero-order chi connectivity index (χ0) is 10.8. The highest BCUT2D eigenvalue weighted by Crippen LogP contribution is 2.32. The van der Waals surface area contributed by atoms with Crippen molar-refractivity contribution >= 4 is 21.9 Å². The Balaban J connectivity index is 2.30. The summed E-state index contributed by atoms with van der Waals surface area (Å²) in [6, 6.07) is 7.81. The standard InChI is InChI=1S/C11H12BrNO2/c12-10-4-2-1-3-7(10)8-5-13-6-9(8)11(14)15/h1-4,8-9,13H,5-6H2,(H,14,15)/t8-,9+/m1/s1. The molecule has 0 aliphatic carbocycles. The summed E-state index contributed by atoms with van der Waals surface area (Å²) in [7, 11) is 0. The molecule has 2 N–H and O–H groups in total. The number of halogens is 1. The molecule has 80 valence electrons. The predicted molar refractivity (Wildman–Crippen MR) is 60.9 cm³/mol. The Bertz CT molecular complexity index is 381. The normalized spacial score (nSPS) is 25.4. The van der Waals surface area contributed by atoms with E-state index in [0.717, 1.165) is 16.6 Å². The predicted octanol–water partition coefficient (Wildman–Crippen LogP) is 1.84. The van der Waals surface area contributed by atoms with Crippen molar-refractivity contribution in [2.45, 2.75) is 5.92 Å². The third-order valence-electron chi connectivity index (χ3n) is 2.84. The van der Waals surface area contributed by atoms with E-state index in [1.807, 2.05) is 24.3 Å². The summed E-state index contributed by atoms with van der Waals surface area (Å²) in [6.07, 6.45) is 0. The van der Waals surface area contributed by atoms with Gasteiger partial charge in [-0.1, -0.05) is 34.1 Å². The molecule has 0 radical (unpaired) electrons. The van der Waals surface area contributed by atoms with Crippen molar-refractivity contribution in [1.29, 1.82) is 0 Å². The summed E-state index contributed by atoms with van der Waals surface area (Å²) in [5.41, 5.74) is 1.08. The first-order chi connectivity index (χ1) is 7.20. The molecular formula is C11H12BrNO2. The van der Waals surface area contributed by atoms with E-state index in [9.17, 15) is 4.79 Å². The summed E-state index contributed by atoms with van der Waals surface area (Å²) < 4.78 is 0.991. The average Bonchev–Trinajstić information content (AvgIpc) is 2.67. The van der Waals surface area contributed by atoms with E-state index in [-0.39, 0.29) is 11.8 Å². The van der Waals surface area contributed by atoms with Gasteiger partial charge >= 0.3 is 5.97 Å². The summed E-state index contributed by atoms with van der Waals surface area (Å²) in [6.45, 7) is 1.29. The summed E-state index contributed by atoms with van der Waals surface area (Å²) in [5, 5.41) is 12.2. The second kappa shape index (κ2) is 4.33. The van der Waals surface area contributed by atoms with E-state index in [1.54, 1.807) is 0 Å². The van der Waals surface area contributed by atoms with E-state index in [0.29, 0.717) is 6.54 Å². The van der Waals surface area contributed by atoms with Gasteiger partial charge in [-0.05, 0) is 11.6 Å². The molecule has 15 heavy (non-hydrogen) atoms. The number of carboxylic acid groups (broad SMARTS) is 1. The van der Waals surface area contributed by atoms with Gasteiger partial charge in [-0.2, -0.15) is 0 Å². The molecule has 1 aliphatic rings. The van der Waals surface area contributed by atoms with Crippen molar-refractivity contribution in [3.63, 3.8) is 0 Å². The SMILES string of the molecule is O=C(O)[C@H]1CNC[C@@H]1c1ccccc1Br. The Hall–Kier alpha value is -0.870. The van der Waals surface area contributed by atoms with Crippen LogP contribution in [0.3, 0.4) is 0 Å². The summed E-state index contributed by atoms with van der Waals surface area (Å²) >= 11 is 3.46. The first-order valence-electron chi connectivity index (χ1n) is 4.88. The molecule has 2 rings (SSSR count). The summed E-state index contributed by atoms with van der Waals surface area (Å²) in [5.74, 6) is -0.970. The molecule has 1 fully saturated rings. The highest BCUT2D eigenvalue weighted by atomic mass is 79.9. The van der Waals surface area contributed by atoms with Crippen LogP contribution in [0, 0.1) is 5.92 Å². The number of carboxylic acids is 1. The molecule has 0 bridgehead atoms. The minimum absolute atomic E-state index is 0.0677. The van der Waals surface area contributed by atoms with Crippen molar-refractivity contribution in [3.05, 3.63) is 34.3 Å². The van der Waals surface area contributed by atoms with Gasteiger partial charge in [0.05, 0.1) is 5.92 Å². The van der Waals surface area contributed by atoms with Crippen LogP contribution in [0.5, 0.6) is 0 Å². The van der Waals surface area contributed by atoms with Gasteiger partial charge in [0.1, 0.15) is 0 Å². The number of hydrogen-bond donors (Lipinski definition) is 2. The molecule has 1 aliphatic heterocycles. The Labute approximate surface area is 96.6 Å². The number of aliphatic carboxylic acids is 1. The lowest BCUT2D eigenvalue weighted by molar-refractivity contribution is -0.141. The first kappa shape index (κ1) is 10.6. The number of hydrogen-bond acceptors (Lipinski definition) is 2. The maximum atomic E-state index is 11.0. The second-order valence-electron chi connectivity index (χ2n) is 3.73. The molecule has 1 aromatic rings. The molecular weight excluding hydrogens is 258 g/mol. The monoisotopic (exact) mass is 269 g/mol. The maximum absolute atomic E-state index is 11.0. The zero-order valence-electron chi connectivity index (χ0n) is 8.11. The lowest BCUT2D eigenvalue weighted by Gasteiger charge is -2.16. The molecule has 1 saturated heterocycles. The van der Waals surface area contributed by atoms with Crippen molar-refractivity contribution in [2.24, 2.45) is 5.92 Å². The van der Waals surface area contributed by atoms with Crippen LogP contribution in [-0.4, -0.2) is 24.2 Å². The van der Waals surface area contributed by atoms with Gasteiger partial charge in [0.25, 0.3) is 0 Å². The quantitative estimate of drug-likeness (QED) is 0.862. The van der Waals surface area contributed by atoms with E-state index in [1.165, 1.54) is 0 Å². The fourth-order valence-corrected chi connectivity index (χ4v) is 2.62. The molecule has 0 unspecified atom stereocenters. The van der Waals surface area contributed by atoms with Gasteiger partial charge < -0.3 is 10.4 Å². The molecule has 0 spiro atoms. The van der Waals surface area contributed by atoms with Gasteiger partial charge in [0.15, 0.2) is 0 Å². The van der Waals surface area contributed by atoms with Crippen LogP contribution >= 0.6 is 15.9 Å². The molecule has 0 aromatic heterocycles. The minimum Gasteiger partial charge on any atom is -0.481 e. The Morgan fingerprint density at radius 1 is 1.40 bits per heavy atom. The molecule has 1 heterocycles. The van der Waals surface area contributed by atoms with Crippen LogP contribution in [0.1, 0.15) is 11.5 Å². The number of benzene rings is 1. The molecule has 1 aromatic carbocycles. The number of rotatable bonds is 2. The molecule has 0 amide bonds. The van der Waals surface area contributed by atoms with E-state index in [4.69, 9.17) is 5.11 Å². The van der Waals surface area contributed by atoms with Gasteiger partial charge in [-0.25, -0.2) is 0 Å². The fraction of sp³-hybridized carbons (Fsp3) is 0.364. The molecule has 4 heteroatoms. The second-order valence-corrected chi connectivity index (χ2v) is 4.59. The highest BCUT2D eigenvalue weighted by molar-refractivity contribution is 9.10. The maximum Gasteiger partial charge on any atom is 0.308 e. The Morgan fingerprint density at radius 3 is 2.80 bits per heavy atom. The van der Waals surface area contributed by atoms with Gasteiger partial charge in [0.2, 0.25) is 0 Å². The van der Waals surface area contributed by atoms with Crippen LogP contribution in [-0.2, 0) is 4.79 Å². The van der Waals surface area contributed by atoms with E-state index < -0.39 is 5.97 Å². The molecule has 2 atom stereocenters. The number of nitrogens with one attached hydrogen (secondary N) is 1. The third-order valence-corrected chi connectivity index (χ3v) is 3.56. The fourth-order valence-electron chi connectivity index (χ4n) is 2.04. The minimum atomic E-state index is -0.722. The smallest absolute Gasteiger partial charge is 0.308 e. The van der Waals surface area contributed by atoms with Crippen molar-refractivity contribution < 1.29 is 9.90 Å². The van der Waals surface area contributed by atoms with Crippen LogP contribution in [0.4, 0.5) is 0 Å². The van der Waals surface area contributed by atoms with Crippen molar-refractivity contribution in [1.82, 2.24) is 5.32 Å². The summed E-state index contributed by atoms with van der Waals surface area (Å²) in [4.78, 5) is 11.0. The highest BCUT2D eigenvalue weighted by Gasteiger charge is 2.34. The lowest BCUT2D eigenvalue weighted by atomic mass is 9.89. The topological polar surface area (TPSA) is 49.3 Å². The van der Waals surface area contributed by atoms with E-state index in [2.05, 4.69) is 21.2 Å².